The van der Waals surface area contributed by atoms with Crippen LogP contribution in [0, 0.1) is 17.0 Å². The summed E-state index contributed by atoms with van der Waals surface area (Å²) in [5.74, 6) is 0. The van der Waals surface area contributed by atoms with Gasteiger partial charge in [-0.15, -0.1) is 0 Å². The first-order valence-corrected chi connectivity index (χ1v) is 6.30. The van der Waals surface area contributed by atoms with E-state index in [1.165, 1.54) is 10.7 Å². The summed E-state index contributed by atoms with van der Waals surface area (Å²) >= 11 is 0. The second kappa shape index (κ2) is 5.20. The zero-order chi connectivity index (χ0) is 14.9. The molecular weight excluding hydrogens is 260 g/mol. The van der Waals surface area contributed by atoms with E-state index in [-0.39, 0.29) is 17.1 Å². The molecule has 0 radical (unpaired) electrons. The van der Waals surface area contributed by atoms with E-state index in [1.807, 2.05) is 6.92 Å². The fourth-order valence-electron chi connectivity index (χ4n) is 2.18. The van der Waals surface area contributed by atoms with Gasteiger partial charge in [0, 0.05) is 12.6 Å². The Morgan fingerprint density at radius 2 is 2.00 bits per heavy atom. The van der Waals surface area contributed by atoms with E-state index in [0.29, 0.717) is 12.2 Å². The Kier molecular flexibility index (Phi) is 3.60. The van der Waals surface area contributed by atoms with Crippen molar-refractivity contribution in [1.29, 1.82) is 0 Å². The summed E-state index contributed by atoms with van der Waals surface area (Å²) in [6, 6.07) is 6.14. The van der Waals surface area contributed by atoms with Gasteiger partial charge in [0.1, 0.15) is 11.4 Å². The maximum absolute atomic E-state index is 12.3. The van der Waals surface area contributed by atoms with Crippen LogP contribution < -0.4 is 11.3 Å². The average Bonchev–Trinajstić information content (AvgIpc) is 2.64. The van der Waals surface area contributed by atoms with Crippen LogP contribution in [0.2, 0.25) is 0 Å². The van der Waals surface area contributed by atoms with Crippen LogP contribution in [-0.4, -0.2) is 14.3 Å². The molecule has 7 nitrogen and oxygen atoms in total. The molecule has 2 N–H and O–H groups in total. The number of nitrogens with two attached hydrogens (primary N) is 1. The summed E-state index contributed by atoms with van der Waals surface area (Å²) < 4.78 is 2.96. The molecule has 2 rings (SSSR count). The summed E-state index contributed by atoms with van der Waals surface area (Å²) in [7, 11) is 0. The molecule has 0 aliphatic rings. The first kappa shape index (κ1) is 13.9. The molecule has 20 heavy (non-hydrogen) atoms. The molecule has 0 aliphatic heterocycles. The van der Waals surface area contributed by atoms with E-state index in [9.17, 15) is 14.9 Å². The predicted molar refractivity (Wildman–Crippen MR) is 76.1 cm³/mol. The number of nitrogens with zero attached hydrogens (tertiary/aromatic N) is 3. The third-order valence-electron chi connectivity index (χ3n) is 3.18. The summed E-state index contributed by atoms with van der Waals surface area (Å²) in [6.45, 7) is 4.26. The summed E-state index contributed by atoms with van der Waals surface area (Å²) in [5, 5.41) is 11.1. The molecule has 1 aromatic heterocycles. The SMILES string of the molecule is CCCn1c(C)c(N)c(=O)n1-c1ccccc1[N+](=O)[O-]. The van der Waals surface area contributed by atoms with Gasteiger partial charge in [0.05, 0.1) is 10.6 Å². The number of hydrogen-bond donors (Lipinski definition) is 1. The van der Waals surface area contributed by atoms with E-state index in [4.69, 9.17) is 5.73 Å². The van der Waals surface area contributed by atoms with E-state index in [1.54, 1.807) is 29.8 Å². The van der Waals surface area contributed by atoms with E-state index in [2.05, 4.69) is 0 Å². The van der Waals surface area contributed by atoms with Gasteiger partial charge >= 0.3 is 0 Å². The zero-order valence-electron chi connectivity index (χ0n) is 11.4. The molecule has 1 aromatic carbocycles. The second-order valence-corrected chi connectivity index (χ2v) is 4.49. The number of hydrogen-bond acceptors (Lipinski definition) is 4. The zero-order valence-corrected chi connectivity index (χ0v) is 11.4. The predicted octanol–water partition coefficient (Wildman–Crippen LogP) is 1.85. The lowest BCUT2D eigenvalue weighted by molar-refractivity contribution is -0.384. The van der Waals surface area contributed by atoms with E-state index in [0.717, 1.165) is 6.42 Å². The Balaban J connectivity index is 2.80. The van der Waals surface area contributed by atoms with Gasteiger partial charge in [0.25, 0.3) is 11.2 Å². The minimum atomic E-state index is -0.503. The maximum atomic E-state index is 12.3. The highest BCUT2D eigenvalue weighted by atomic mass is 16.6. The molecule has 7 heteroatoms. The highest BCUT2D eigenvalue weighted by Gasteiger charge is 2.21. The molecule has 0 atom stereocenters. The monoisotopic (exact) mass is 276 g/mol. The summed E-state index contributed by atoms with van der Waals surface area (Å²) in [4.78, 5) is 22.9. The van der Waals surface area contributed by atoms with Crippen molar-refractivity contribution < 1.29 is 4.92 Å². The molecule has 0 amide bonds. The third-order valence-corrected chi connectivity index (χ3v) is 3.18. The number of anilines is 1. The molecule has 0 bridgehead atoms. The van der Waals surface area contributed by atoms with Gasteiger partial charge in [-0.1, -0.05) is 19.1 Å². The lowest BCUT2D eigenvalue weighted by Crippen LogP contribution is -2.23. The molecule has 1 heterocycles. The van der Waals surface area contributed by atoms with Crippen molar-refractivity contribution in [1.82, 2.24) is 9.36 Å². The Morgan fingerprint density at radius 3 is 2.60 bits per heavy atom. The van der Waals surface area contributed by atoms with Crippen LogP contribution in [0.3, 0.4) is 0 Å². The lowest BCUT2D eigenvalue weighted by Gasteiger charge is -2.12. The Morgan fingerprint density at radius 1 is 1.35 bits per heavy atom. The van der Waals surface area contributed by atoms with Crippen LogP contribution in [0.1, 0.15) is 19.0 Å². The summed E-state index contributed by atoms with van der Waals surface area (Å²) in [6.07, 6.45) is 0.787. The normalized spacial score (nSPS) is 10.7. The summed E-state index contributed by atoms with van der Waals surface area (Å²) in [5.41, 5.74) is 6.20. The number of rotatable bonds is 4. The van der Waals surface area contributed by atoms with Crippen molar-refractivity contribution in [3.8, 4) is 5.69 Å². The number of nitro benzene ring substituents is 1. The van der Waals surface area contributed by atoms with Crippen molar-refractivity contribution in [2.45, 2.75) is 26.8 Å². The van der Waals surface area contributed by atoms with E-state index < -0.39 is 10.5 Å². The highest BCUT2D eigenvalue weighted by molar-refractivity contribution is 5.54. The van der Waals surface area contributed by atoms with Gasteiger partial charge < -0.3 is 5.73 Å². The molecule has 0 spiro atoms. The van der Waals surface area contributed by atoms with Crippen LogP contribution in [-0.2, 0) is 6.54 Å². The second-order valence-electron chi connectivity index (χ2n) is 4.49. The molecule has 0 fully saturated rings. The van der Waals surface area contributed by atoms with Gasteiger partial charge in [0.15, 0.2) is 0 Å². The van der Waals surface area contributed by atoms with Crippen molar-refractivity contribution in [3.05, 3.63) is 50.4 Å². The van der Waals surface area contributed by atoms with Crippen LogP contribution in [0.15, 0.2) is 29.1 Å². The van der Waals surface area contributed by atoms with Gasteiger partial charge in [-0.3, -0.25) is 19.6 Å². The average molecular weight is 276 g/mol. The molecule has 0 saturated heterocycles. The van der Waals surface area contributed by atoms with Gasteiger partial charge in [-0.25, -0.2) is 4.68 Å². The molecule has 2 aromatic rings. The van der Waals surface area contributed by atoms with Gasteiger partial charge in [0.2, 0.25) is 0 Å². The van der Waals surface area contributed by atoms with Crippen molar-refractivity contribution in [3.63, 3.8) is 0 Å². The maximum Gasteiger partial charge on any atom is 0.295 e. The smallest absolute Gasteiger partial charge is 0.295 e. The van der Waals surface area contributed by atoms with Crippen molar-refractivity contribution in [2.75, 3.05) is 5.73 Å². The quantitative estimate of drug-likeness (QED) is 0.680. The minimum Gasteiger partial charge on any atom is -0.393 e. The molecule has 0 aliphatic carbocycles. The Hall–Kier alpha value is -2.57. The number of nitro groups is 1. The number of aromatic nitrogens is 2. The first-order chi connectivity index (χ1) is 9.49. The Labute approximate surface area is 115 Å². The Bertz CT molecular complexity index is 715. The number of benzene rings is 1. The lowest BCUT2D eigenvalue weighted by atomic mass is 10.3. The van der Waals surface area contributed by atoms with Crippen LogP contribution in [0.5, 0.6) is 0 Å². The minimum absolute atomic E-state index is 0.121. The molecular formula is C13H16N4O3. The fraction of sp³-hybridized carbons (Fsp3) is 0.308. The molecule has 0 unspecified atom stereocenters. The molecule has 0 saturated carbocycles. The third kappa shape index (κ3) is 2.07. The number of para-hydroxylation sites is 2. The van der Waals surface area contributed by atoms with Crippen molar-refractivity contribution >= 4 is 11.4 Å². The standard InChI is InChI=1S/C13H16N4O3/c1-3-8-15-9(2)12(14)13(18)16(15)10-6-4-5-7-11(10)17(19)20/h4-7H,3,8,14H2,1-2H3. The highest BCUT2D eigenvalue weighted by Crippen LogP contribution is 2.23. The van der Waals surface area contributed by atoms with Gasteiger partial charge in [-0.05, 0) is 19.4 Å². The van der Waals surface area contributed by atoms with Gasteiger partial charge in [-0.2, -0.15) is 0 Å². The topological polar surface area (TPSA) is 96.1 Å². The molecule has 106 valence electrons. The largest absolute Gasteiger partial charge is 0.393 e. The van der Waals surface area contributed by atoms with Crippen molar-refractivity contribution in [2.24, 2.45) is 0 Å². The fourth-order valence-corrected chi connectivity index (χ4v) is 2.18. The van der Waals surface area contributed by atoms with Crippen LogP contribution in [0.25, 0.3) is 5.69 Å². The van der Waals surface area contributed by atoms with Crippen LogP contribution >= 0.6 is 0 Å². The number of nitrogen functional groups attached to an aromatic ring is 1. The van der Waals surface area contributed by atoms with Crippen LogP contribution in [0.4, 0.5) is 11.4 Å². The first-order valence-electron chi connectivity index (χ1n) is 6.30. The van der Waals surface area contributed by atoms with E-state index >= 15 is 0 Å².